The molecule has 0 spiro atoms. The van der Waals surface area contributed by atoms with Crippen LogP contribution in [0.5, 0.6) is 0 Å². The third-order valence-electron chi connectivity index (χ3n) is 6.13. The SMILES string of the molecule is O=C1CC2[C@@H](N3CCCC3)CCC(N1Cc1ccccc1)C2(O)O. The summed E-state index contributed by atoms with van der Waals surface area (Å²) >= 11 is 0. The van der Waals surface area contributed by atoms with Gasteiger partial charge >= 0.3 is 0 Å². The number of carbonyl (C=O) groups is 1. The number of fused-ring (bicyclic) bond motifs is 2. The van der Waals surface area contributed by atoms with Crippen molar-refractivity contribution in [1.82, 2.24) is 9.80 Å². The number of benzene rings is 1. The molecule has 0 radical (unpaired) electrons. The topological polar surface area (TPSA) is 64.0 Å². The van der Waals surface area contributed by atoms with Crippen molar-refractivity contribution in [2.45, 2.75) is 56.5 Å². The van der Waals surface area contributed by atoms with Gasteiger partial charge in [0.2, 0.25) is 5.91 Å². The van der Waals surface area contributed by atoms with Gasteiger partial charge in [0.15, 0.2) is 5.79 Å². The number of likely N-dealkylation sites (tertiary alicyclic amines) is 2. The van der Waals surface area contributed by atoms with E-state index in [9.17, 15) is 15.0 Å². The Labute approximate surface area is 142 Å². The molecule has 130 valence electrons. The first-order valence-corrected chi connectivity index (χ1v) is 9.09. The van der Waals surface area contributed by atoms with Gasteiger partial charge in [-0.1, -0.05) is 30.3 Å². The van der Waals surface area contributed by atoms with E-state index >= 15 is 0 Å². The third-order valence-corrected chi connectivity index (χ3v) is 6.13. The molecule has 2 saturated heterocycles. The molecule has 4 rings (SSSR count). The summed E-state index contributed by atoms with van der Waals surface area (Å²) in [6.07, 6.45) is 4.17. The van der Waals surface area contributed by atoms with Crippen molar-refractivity contribution < 1.29 is 15.0 Å². The summed E-state index contributed by atoms with van der Waals surface area (Å²) in [6.45, 7) is 2.49. The minimum Gasteiger partial charge on any atom is -0.364 e. The molecule has 1 aliphatic carbocycles. The first kappa shape index (κ1) is 16.1. The summed E-state index contributed by atoms with van der Waals surface area (Å²) in [5, 5.41) is 21.8. The van der Waals surface area contributed by atoms with Crippen LogP contribution in [0.2, 0.25) is 0 Å². The van der Waals surface area contributed by atoms with Gasteiger partial charge in [0.25, 0.3) is 0 Å². The molecular formula is C19H26N2O3. The largest absolute Gasteiger partial charge is 0.364 e. The van der Waals surface area contributed by atoms with E-state index in [1.165, 1.54) is 12.8 Å². The molecule has 2 bridgehead atoms. The summed E-state index contributed by atoms with van der Waals surface area (Å²) in [5.74, 6) is -2.10. The fourth-order valence-electron chi connectivity index (χ4n) is 4.91. The average molecular weight is 330 g/mol. The third kappa shape index (κ3) is 2.65. The zero-order valence-corrected chi connectivity index (χ0v) is 14.0. The lowest BCUT2D eigenvalue weighted by Gasteiger charge is -2.55. The van der Waals surface area contributed by atoms with Crippen LogP contribution in [0.3, 0.4) is 0 Å². The molecule has 1 aromatic rings. The van der Waals surface area contributed by atoms with E-state index in [2.05, 4.69) is 4.90 Å². The highest BCUT2D eigenvalue weighted by Crippen LogP contribution is 2.44. The molecule has 2 aliphatic heterocycles. The van der Waals surface area contributed by atoms with Crippen LogP contribution < -0.4 is 0 Å². The van der Waals surface area contributed by atoms with E-state index in [0.717, 1.165) is 25.1 Å². The lowest BCUT2D eigenvalue weighted by Crippen LogP contribution is -2.69. The minimum atomic E-state index is -1.78. The van der Waals surface area contributed by atoms with Crippen molar-refractivity contribution in [2.24, 2.45) is 5.92 Å². The molecule has 0 aromatic heterocycles. The van der Waals surface area contributed by atoms with E-state index in [0.29, 0.717) is 13.0 Å². The highest BCUT2D eigenvalue weighted by atomic mass is 16.5. The fourth-order valence-corrected chi connectivity index (χ4v) is 4.91. The Balaban J connectivity index is 1.57. The van der Waals surface area contributed by atoms with Crippen LogP contribution >= 0.6 is 0 Å². The van der Waals surface area contributed by atoms with E-state index < -0.39 is 11.8 Å². The van der Waals surface area contributed by atoms with Crippen molar-refractivity contribution in [3.05, 3.63) is 35.9 Å². The summed E-state index contributed by atoms with van der Waals surface area (Å²) in [7, 11) is 0. The smallest absolute Gasteiger partial charge is 0.223 e. The van der Waals surface area contributed by atoms with Gasteiger partial charge in [0, 0.05) is 24.9 Å². The summed E-state index contributed by atoms with van der Waals surface area (Å²) in [5.41, 5.74) is 1.03. The van der Waals surface area contributed by atoms with Crippen LogP contribution in [0, 0.1) is 5.92 Å². The number of rotatable bonds is 3. The number of nitrogens with zero attached hydrogens (tertiary/aromatic N) is 2. The highest BCUT2D eigenvalue weighted by Gasteiger charge is 2.58. The van der Waals surface area contributed by atoms with Crippen LogP contribution in [0.4, 0.5) is 0 Å². The van der Waals surface area contributed by atoms with Crippen LogP contribution in [0.15, 0.2) is 30.3 Å². The Morgan fingerprint density at radius 1 is 1.08 bits per heavy atom. The molecule has 3 atom stereocenters. The van der Waals surface area contributed by atoms with Gasteiger partial charge in [-0.25, -0.2) is 0 Å². The second kappa shape index (κ2) is 6.14. The molecule has 1 aromatic carbocycles. The first-order chi connectivity index (χ1) is 11.6. The Hall–Kier alpha value is -1.43. The molecule has 3 fully saturated rings. The van der Waals surface area contributed by atoms with Crippen molar-refractivity contribution in [2.75, 3.05) is 13.1 Å². The lowest BCUT2D eigenvalue weighted by atomic mass is 9.70. The van der Waals surface area contributed by atoms with Crippen LogP contribution in [0.25, 0.3) is 0 Å². The molecule has 2 N–H and O–H groups in total. The van der Waals surface area contributed by atoms with Crippen molar-refractivity contribution >= 4 is 5.91 Å². The summed E-state index contributed by atoms with van der Waals surface area (Å²) in [4.78, 5) is 16.8. The lowest BCUT2D eigenvalue weighted by molar-refractivity contribution is -0.280. The number of hydrogen-bond donors (Lipinski definition) is 2. The van der Waals surface area contributed by atoms with E-state index in [4.69, 9.17) is 0 Å². The predicted molar refractivity (Wildman–Crippen MR) is 89.9 cm³/mol. The maximum absolute atomic E-state index is 12.7. The molecule has 5 heteroatoms. The molecule has 1 amide bonds. The Morgan fingerprint density at radius 3 is 2.50 bits per heavy atom. The zero-order valence-electron chi connectivity index (χ0n) is 14.0. The van der Waals surface area contributed by atoms with E-state index in [1.54, 1.807) is 4.90 Å². The van der Waals surface area contributed by atoms with E-state index in [1.807, 2.05) is 30.3 Å². The zero-order chi connectivity index (χ0) is 16.7. The van der Waals surface area contributed by atoms with Gasteiger partial charge in [-0.05, 0) is 44.3 Å². The van der Waals surface area contributed by atoms with Gasteiger partial charge in [0.1, 0.15) is 0 Å². The molecule has 24 heavy (non-hydrogen) atoms. The van der Waals surface area contributed by atoms with E-state index in [-0.39, 0.29) is 24.3 Å². The minimum absolute atomic E-state index is 0.0523. The summed E-state index contributed by atoms with van der Waals surface area (Å²) in [6, 6.07) is 9.42. The molecule has 2 unspecified atom stereocenters. The highest BCUT2D eigenvalue weighted by molar-refractivity contribution is 5.78. The van der Waals surface area contributed by atoms with Gasteiger partial charge in [-0.2, -0.15) is 0 Å². The Bertz CT molecular complexity index is 598. The van der Waals surface area contributed by atoms with Crippen molar-refractivity contribution in [3.8, 4) is 0 Å². The maximum Gasteiger partial charge on any atom is 0.223 e. The maximum atomic E-state index is 12.7. The van der Waals surface area contributed by atoms with Gasteiger partial charge in [-0.15, -0.1) is 0 Å². The van der Waals surface area contributed by atoms with Gasteiger partial charge < -0.3 is 15.1 Å². The predicted octanol–water partition coefficient (Wildman–Crippen LogP) is 1.34. The fraction of sp³-hybridized carbons (Fsp3) is 0.632. The van der Waals surface area contributed by atoms with Crippen LogP contribution in [-0.4, -0.2) is 56.9 Å². The summed E-state index contributed by atoms with van der Waals surface area (Å²) < 4.78 is 0. The second-order valence-corrected chi connectivity index (χ2v) is 7.50. The molecular weight excluding hydrogens is 304 g/mol. The van der Waals surface area contributed by atoms with Crippen LogP contribution in [0.1, 0.15) is 37.7 Å². The number of piperidine rings is 1. The standard InChI is InChI=1S/C19H26N2O3/c22-18-12-15-16(20-10-4-5-11-20)8-9-17(19(15,23)24)21(18)13-14-6-2-1-3-7-14/h1-3,6-7,15-17,23-24H,4-5,8-13H2/t15?,16-,17?/m0/s1. The van der Waals surface area contributed by atoms with Crippen molar-refractivity contribution in [3.63, 3.8) is 0 Å². The Morgan fingerprint density at radius 2 is 1.79 bits per heavy atom. The second-order valence-electron chi connectivity index (χ2n) is 7.50. The monoisotopic (exact) mass is 330 g/mol. The molecule has 3 aliphatic rings. The molecule has 5 nitrogen and oxygen atoms in total. The quantitative estimate of drug-likeness (QED) is 0.821. The average Bonchev–Trinajstić information content (AvgIpc) is 3.08. The van der Waals surface area contributed by atoms with Gasteiger partial charge in [-0.3, -0.25) is 9.69 Å². The molecule has 1 saturated carbocycles. The number of amides is 1. The number of aliphatic hydroxyl groups is 2. The van der Waals surface area contributed by atoms with Gasteiger partial charge in [0.05, 0.1) is 6.04 Å². The normalized spacial score (nSPS) is 33.0. The Kier molecular flexibility index (Phi) is 4.11. The number of carbonyl (C=O) groups excluding carboxylic acids is 1. The van der Waals surface area contributed by atoms with Crippen LogP contribution in [-0.2, 0) is 11.3 Å². The first-order valence-electron chi connectivity index (χ1n) is 9.09. The van der Waals surface area contributed by atoms with Crippen molar-refractivity contribution in [1.29, 1.82) is 0 Å². The molecule has 2 heterocycles. The number of hydrogen-bond acceptors (Lipinski definition) is 4.